The summed E-state index contributed by atoms with van der Waals surface area (Å²) in [5, 5.41) is 2.89. The number of ether oxygens (including phenoxy) is 2. The number of hydrogen-bond acceptors (Lipinski definition) is 2. The first-order valence-electron chi connectivity index (χ1n) is 4.34. The van der Waals surface area contributed by atoms with Gasteiger partial charge in [0.05, 0.1) is 0 Å². The van der Waals surface area contributed by atoms with E-state index in [1.165, 1.54) is 10.6 Å². The van der Waals surface area contributed by atoms with E-state index in [9.17, 15) is 0 Å². The first-order chi connectivity index (χ1) is 5.95. The van der Waals surface area contributed by atoms with Crippen LogP contribution in [0.3, 0.4) is 0 Å². The van der Waals surface area contributed by atoms with Crippen molar-refractivity contribution in [2.45, 2.75) is 20.3 Å². The zero-order chi connectivity index (χ0) is 8.23. The summed E-state index contributed by atoms with van der Waals surface area (Å²) in [6, 6.07) is 0. The van der Waals surface area contributed by atoms with Crippen molar-refractivity contribution in [2.75, 3.05) is 26.4 Å². The Balaban J connectivity index is 1.31. The molecule has 2 fully saturated rings. The second-order valence-corrected chi connectivity index (χ2v) is 8.66. The molecule has 0 aromatic heterocycles. The molecule has 2 unspecified atom stereocenters. The zero-order valence-electron chi connectivity index (χ0n) is 7.03. The van der Waals surface area contributed by atoms with Gasteiger partial charge in [0.15, 0.2) is 0 Å². The van der Waals surface area contributed by atoms with Crippen molar-refractivity contribution in [3.8, 4) is 0 Å². The summed E-state index contributed by atoms with van der Waals surface area (Å²) in [6.45, 7) is 3.62. The first kappa shape index (κ1) is 9.51. The predicted octanol–water partition coefficient (Wildman–Crippen LogP) is 0.869. The van der Waals surface area contributed by atoms with Crippen molar-refractivity contribution in [3.05, 3.63) is 0 Å². The molecule has 2 heterocycles. The third-order valence-electron chi connectivity index (χ3n) is 1.78. The molecule has 0 amide bonds. The van der Waals surface area contributed by atoms with Crippen LogP contribution in [0.5, 0.6) is 0 Å². The molecule has 2 aliphatic heterocycles. The second-order valence-electron chi connectivity index (χ2n) is 3.06. The Labute approximate surface area is 86.1 Å². The average molecular weight is 300 g/mol. The van der Waals surface area contributed by atoms with Crippen LogP contribution < -0.4 is 0 Å². The van der Waals surface area contributed by atoms with Crippen molar-refractivity contribution >= 4 is 29.9 Å². The van der Waals surface area contributed by atoms with Gasteiger partial charge in [0.25, 0.3) is 0 Å². The van der Waals surface area contributed by atoms with Crippen molar-refractivity contribution in [1.29, 1.82) is 0 Å². The van der Waals surface area contributed by atoms with E-state index < -0.39 is 0 Å². The molecule has 0 spiro atoms. The van der Waals surface area contributed by atoms with Gasteiger partial charge in [-0.3, -0.25) is 0 Å². The van der Waals surface area contributed by atoms with Crippen LogP contribution in [0.15, 0.2) is 0 Å². The third-order valence-corrected chi connectivity index (χ3v) is 5.73. The van der Waals surface area contributed by atoms with Gasteiger partial charge in [-0.1, -0.05) is 0 Å². The van der Waals surface area contributed by atoms with Crippen LogP contribution in [0.1, 0.15) is 0 Å². The molecule has 0 N–H and O–H groups in total. The van der Waals surface area contributed by atoms with Gasteiger partial charge in [-0.2, -0.15) is 0 Å². The summed E-state index contributed by atoms with van der Waals surface area (Å²) in [5.74, 6) is 0. The SMILES string of the molecule is C(COCC1C[Se]1)OCC1C[Se]1. The third kappa shape index (κ3) is 4.27. The fourth-order valence-corrected chi connectivity index (χ4v) is 2.66. The molecule has 0 aromatic carbocycles. The number of rotatable bonds is 7. The van der Waals surface area contributed by atoms with E-state index in [0.717, 1.165) is 66.0 Å². The minimum absolute atomic E-state index is 0.812. The number of hydrogen-bond donors (Lipinski definition) is 0. The van der Waals surface area contributed by atoms with E-state index in [4.69, 9.17) is 9.47 Å². The Morgan fingerprint density at radius 1 is 0.917 bits per heavy atom. The van der Waals surface area contributed by atoms with E-state index >= 15 is 0 Å². The van der Waals surface area contributed by atoms with E-state index in [1.807, 2.05) is 0 Å². The summed E-state index contributed by atoms with van der Waals surface area (Å²) < 4.78 is 10.9. The molecule has 2 saturated heterocycles. The van der Waals surface area contributed by atoms with Crippen LogP contribution >= 0.6 is 0 Å². The van der Waals surface area contributed by atoms with Gasteiger partial charge in [0.2, 0.25) is 0 Å². The average Bonchev–Trinajstić information content (AvgIpc) is 2.89. The zero-order valence-corrected chi connectivity index (χ0v) is 10.5. The van der Waals surface area contributed by atoms with Crippen LogP contribution in [0.25, 0.3) is 0 Å². The van der Waals surface area contributed by atoms with Crippen LogP contribution in [0.4, 0.5) is 0 Å². The van der Waals surface area contributed by atoms with Crippen molar-refractivity contribution < 1.29 is 9.47 Å². The van der Waals surface area contributed by atoms with Gasteiger partial charge in [0, 0.05) is 0 Å². The van der Waals surface area contributed by atoms with Crippen LogP contribution in [0.2, 0.25) is 20.3 Å². The molecule has 70 valence electrons. The maximum absolute atomic E-state index is 5.46. The summed E-state index contributed by atoms with van der Waals surface area (Å²) in [7, 11) is 0. The van der Waals surface area contributed by atoms with Gasteiger partial charge in [0.1, 0.15) is 0 Å². The Hall–Kier alpha value is 0.959. The summed E-state index contributed by atoms with van der Waals surface area (Å²) >= 11 is 1.86. The molecule has 0 bridgehead atoms. The Morgan fingerprint density at radius 3 is 1.67 bits per heavy atom. The Morgan fingerprint density at radius 2 is 1.33 bits per heavy atom. The van der Waals surface area contributed by atoms with Gasteiger partial charge in [-0.25, -0.2) is 0 Å². The molecule has 2 rings (SSSR count). The van der Waals surface area contributed by atoms with E-state index in [0.29, 0.717) is 0 Å². The first-order valence-corrected chi connectivity index (χ1v) is 8.74. The molecule has 0 radical (unpaired) electrons. The molecule has 4 heteroatoms. The molecule has 0 aliphatic carbocycles. The molecular formula is C8H14O2Se2. The maximum atomic E-state index is 5.46. The van der Waals surface area contributed by atoms with E-state index in [1.54, 1.807) is 0 Å². The standard InChI is InChI=1S/C8H14O2Se2/c1(9-3-7-5-11-7)2-10-4-8-6-12-8/h7-8H,1-6H2. The summed E-state index contributed by atoms with van der Waals surface area (Å²) in [4.78, 5) is 1.90. The minimum atomic E-state index is 0.812. The van der Waals surface area contributed by atoms with Gasteiger partial charge in [-0.15, -0.1) is 0 Å². The molecule has 2 aliphatic rings. The molecule has 2 nitrogen and oxygen atoms in total. The van der Waals surface area contributed by atoms with Crippen LogP contribution in [-0.2, 0) is 9.47 Å². The van der Waals surface area contributed by atoms with Crippen molar-refractivity contribution in [2.24, 2.45) is 0 Å². The molecule has 0 aromatic rings. The topological polar surface area (TPSA) is 18.5 Å². The summed E-state index contributed by atoms with van der Waals surface area (Å²) in [5.41, 5.74) is 0. The van der Waals surface area contributed by atoms with Gasteiger partial charge < -0.3 is 0 Å². The van der Waals surface area contributed by atoms with Crippen LogP contribution in [-0.4, -0.2) is 56.3 Å². The fourth-order valence-electron chi connectivity index (χ4n) is 0.876. The molecular weight excluding hydrogens is 286 g/mol. The van der Waals surface area contributed by atoms with Gasteiger partial charge in [-0.05, 0) is 0 Å². The quantitative estimate of drug-likeness (QED) is 0.513. The van der Waals surface area contributed by atoms with Gasteiger partial charge >= 0.3 is 86.1 Å². The second kappa shape index (κ2) is 4.99. The van der Waals surface area contributed by atoms with Crippen molar-refractivity contribution in [3.63, 3.8) is 0 Å². The fraction of sp³-hybridized carbons (Fsp3) is 1.00. The van der Waals surface area contributed by atoms with Crippen molar-refractivity contribution in [1.82, 2.24) is 0 Å². The predicted molar refractivity (Wildman–Crippen MR) is 50.3 cm³/mol. The Kier molecular flexibility index (Phi) is 3.96. The molecule has 2 atom stereocenters. The monoisotopic (exact) mass is 302 g/mol. The van der Waals surface area contributed by atoms with E-state index in [2.05, 4.69) is 0 Å². The van der Waals surface area contributed by atoms with Crippen LogP contribution in [0, 0.1) is 0 Å². The Bertz CT molecular complexity index is 119. The molecule has 12 heavy (non-hydrogen) atoms. The summed E-state index contributed by atoms with van der Waals surface area (Å²) in [6.07, 6.45) is 0. The van der Waals surface area contributed by atoms with E-state index in [-0.39, 0.29) is 0 Å². The molecule has 0 saturated carbocycles. The normalized spacial score (nSPS) is 32.0.